The Morgan fingerprint density at radius 2 is 1.91 bits per heavy atom. The number of rotatable bonds is 4. The van der Waals surface area contributed by atoms with Crippen molar-refractivity contribution in [3.05, 3.63) is 35.4 Å². The summed E-state index contributed by atoms with van der Waals surface area (Å²) in [4.78, 5) is 14.1. The zero-order valence-corrected chi connectivity index (χ0v) is 13.6. The molecule has 0 radical (unpaired) electrons. The van der Waals surface area contributed by atoms with Crippen LogP contribution in [0.2, 0.25) is 0 Å². The van der Waals surface area contributed by atoms with Crippen molar-refractivity contribution in [2.24, 2.45) is 0 Å². The number of hydrogen-bond donors (Lipinski definition) is 2. The molecule has 0 bridgehead atoms. The summed E-state index contributed by atoms with van der Waals surface area (Å²) in [7, 11) is -2.48. The lowest BCUT2D eigenvalue weighted by Gasteiger charge is -2.40. The second kappa shape index (κ2) is 7.14. The summed E-state index contributed by atoms with van der Waals surface area (Å²) in [5.41, 5.74) is 1.68. The summed E-state index contributed by atoms with van der Waals surface area (Å²) in [6.45, 7) is 2.82. The molecule has 0 aromatic heterocycles. The molecule has 1 unspecified atom stereocenters. The fourth-order valence-electron chi connectivity index (χ4n) is 2.62. The molecule has 1 atom stereocenters. The van der Waals surface area contributed by atoms with E-state index in [0.29, 0.717) is 25.1 Å². The van der Waals surface area contributed by atoms with E-state index in [1.165, 1.54) is 0 Å². The molecule has 1 aliphatic rings. The summed E-state index contributed by atoms with van der Waals surface area (Å²) >= 11 is 0. The average molecular weight is 322 g/mol. The minimum Gasteiger partial charge on any atom is -0.336 e. The largest absolute Gasteiger partial charge is 0.336 e. The lowest BCUT2D eigenvalue weighted by atomic mass is 9.93. The van der Waals surface area contributed by atoms with Crippen molar-refractivity contribution in [2.75, 3.05) is 24.6 Å². The number of hydrogen-bond acceptors (Lipinski definition) is 4. The van der Waals surface area contributed by atoms with Gasteiger partial charge in [0.15, 0.2) is 0 Å². The summed E-state index contributed by atoms with van der Waals surface area (Å²) in [5, 5.41) is 8.83. The molecule has 1 amide bonds. The Morgan fingerprint density at radius 1 is 1.32 bits per heavy atom. The predicted molar refractivity (Wildman–Crippen MR) is 88.2 cm³/mol. The molecule has 0 spiro atoms. The number of carbonyl (C=O) groups excluding carboxylic acids is 1. The SMILES string of the molecule is CCC(CC#N)c1ccc(C(=O)N2CCS(O)(O)CC2)cc1. The number of amides is 1. The van der Waals surface area contributed by atoms with Crippen molar-refractivity contribution in [3.8, 4) is 6.07 Å². The van der Waals surface area contributed by atoms with Crippen LogP contribution in [0.1, 0.15) is 41.6 Å². The highest BCUT2D eigenvalue weighted by Gasteiger charge is 2.26. The minimum atomic E-state index is -2.48. The van der Waals surface area contributed by atoms with E-state index >= 15 is 0 Å². The number of carbonyl (C=O) groups is 1. The van der Waals surface area contributed by atoms with E-state index in [4.69, 9.17) is 5.26 Å². The number of nitrogens with zero attached hydrogens (tertiary/aromatic N) is 2. The molecule has 2 N–H and O–H groups in total. The highest BCUT2D eigenvalue weighted by Crippen LogP contribution is 2.40. The van der Waals surface area contributed by atoms with Gasteiger partial charge in [0.1, 0.15) is 0 Å². The van der Waals surface area contributed by atoms with Gasteiger partial charge < -0.3 is 4.90 Å². The van der Waals surface area contributed by atoms with E-state index in [2.05, 4.69) is 6.07 Å². The first-order chi connectivity index (χ1) is 10.5. The van der Waals surface area contributed by atoms with Crippen LogP contribution in [-0.2, 0) is 0 Å². The third-order valence-corrected chi connectivity index (χ3v) is 5.80. The van der Waals surface area contributed by atoms with E-state index in [0.717, 1.165) is 12.0 Å². The molecule has 6 heteroatoms. The zero-order chi connectivity index (χ0) is 16.2. The van der Waals surface area contributed by atoms with Crippen molar-refractivity contribution in [1.29, 1.82) is 5.26 Å². The standard InChI is InChI=1S/C16H22N2O3S/c1-2-13(7-8-17)14-3-5-15(6-4-14)16(19)18-9-11-22(20,21)12-10-18/h3-6,13,20-21H,2,7,9-12H2,1H3. The first kappa shape index (κ1) is 16.8. The molecule has 120 valence electrons. The molecule has 22 heavy (non-hydrogen) atoms. The van der Waals surface area contributed by atoms with Crippen molar-refractivity contribution in [2.45, 2.75) is 25.7 Å². The molecular formula is C16H22N2O3S. The van der Waals surface area contributed by atoms with Crippen LogP contribution >= 0.6 is 10.6 Å². The first-order valence-corrected chi connectivity index (χ1v) is 9.35. The second-order valence-electron chi connectivity index (χ2n) is 5.59. The quantitative estimate of drug-likeness (QED) is 0.890. The first-order valence-electron chi connectivity index (χ1n) is 7.46. The van der Waals surface area contributed by atoms with Crippen LogP contribution in [0.5, 0.6) is 0 Å². The monoisotopic (exact) mass is 322 g/mol. The van der Waals surface area contributed by atoms with Crippen molar-refractivity contribution >= 4 is 16.5 Å². The van der Waals surface area contributed by atoms with Gasteiger partial charge in [0.05, 0.1) is 17.6 Å². The molecule has 0 saturated carbocycles. The Hall–Kier alpha value is -1.55. The minimum absolute atomic E-state index is 0.0743. The van der Waals surface area contributed by atoms with Crippen LogP contribution in [0.15, 0.2) is 24.3 Å². The molecule has 1 heterocycles. The molecule has 5 nitrogen and oxygen atoms in total. The average Bonchev–Trinajstić information content (AvgIpc) is 2.52. The van der Waals surface area contributed by atoms with Gasteiger partial charge in [-0.1, -0.05) is 19.1 Å². The molecule has 1 aliphatic heterocycles. The fraction of sp³-hybridized carbons (Fsp3) is 0.500. The van der Waals surface area contributed by atoms with Gasteiger partial charge in [0.25, 0.3) is 5.91 Å². The van der Waals surface area contributed by atoms with E-state index < -0.39 is 10.6 Å². The second-order valence-corrected chi connectivity index (χ2v) is 8.01. The highest BCUT2D eigenvalue weighted by atomic mass is 32.3. The Kier molecular flexibility index (Phi) is 5.46. The Bertz CT molecular complexity index is 556. The molecule has 1 aromatic rings. The maximum Gasteiger partial charge on any atom is 0.253 e. The topological polar surface area (TPSA) is 84.6 Å². The van der Waals surface area contributed by atoms with Crippen LogP contribution in [0, 0.1) is 11.3 Å². The molecule has 1 saturated heterocycles. The van der Waals surface area contributed by atoms with E-state index in [-0.39, 0.29) is 23.3 Å². The smallest absolute Gasteiger partial charge is 0.253 e. The summed E-state index contributed by atoms with van der Waals surface area (Å²) in [5.74, 6) is 0.653. The van der Waals surface area contributed by atoms with Gasteiger partial charge in [-0.15, -0.1) is 0 Å². The number of nitriles is 1. The Labute approximate surface area is 132 Å². The summed E-state index contributed by atoms with van der Waals surface area (Å²) < 4.78 is 19.2. The highest BCUT2D eigenvalue weighted by molar-refractivity contribution is 8.24. The summed E-state index contributed by atoms with van der Waals surface area (Å²) in [6, 6.07) is 9.61. The van der Waals surface area contributed by atoms with Gasteiger partial charge in [-0.3, -0.25) is 13.9 Å². The third-order valence-electron chi connectivity index (χ3n) is 4.12. The summed E-state index contributed by atoms with van der Waals surface area (Å²) in [6.07, 6.45) is 1.37. The van der Waals surface area contributed by atoms with Gasteiger partial charge in [0.2, 0.25) is 0 Å². The third kappa shape index (κ3) is 4.01. The van der Waals surface area contributed by atoms with Crippen LogP contribution in [0.3, 0.4) is 0 Å². The molecule has 0 aliphatic carbocycles. The van der Waals surface area contributed by atoms with Gasteiger partial charge in [-0.25, -0.2) is 0 Å². The van der Waals surface area contributed by atoms with E-state index in [1.54, 1.807) is 17.0 Å². The van der Waals surface area contributed by atoms with E-state index in [9.17, 15) is 13.9 Å². The molecule has 1 fully saturated rings. The van der Waals surface area contributed by atoms with Crippen LogP contribution in [-0.4, -0.2) is 44.5 Å². The number of benzene rings is 1. The molecule has 2 rings (SSSR count). The van der Waals surface area contributed by atoms with Crippen molar-refractivity contribution in [1.82, 2.24) is 4.90 Å². The maximum atomic E-state index is 12.4. The van der Waals surface area contributed by atoms with Crippen LogP contribution < -0.4 is 0 Å². The lowest BCUT2D eigenvalue weighted by molar-refractivity contribution is 0.0768. The molecule has 1 aromatic carbocycles. The maximum absolute atomic E-state index is 12.4. The van der Waals surface area contributed by atoms with Crippen LogP contribution in [0.4, 0.5) is 0 Å². The van der Waals surface area contributed by atoms with Crippen molar-refractivity contribution < 1.29 is 13.9 Å². The van der Waals surface area contributed by atoms with Gasteiger partial charge in [-0.2, -0.15) is 15.9 Å². The molecular weight excluding hydrogens is 300 g/mol. The van der Waals surface area contributed by atoms with Crippen molar-refractivity contribution in [3.63, 3.8) is 0 Å². The Balaban J connectivity index is 2.04. The normalized spacial score (nSPS) is 20.0. The zero-order valence-electron chi connectivity index (χ0n) is 12.7. The fourth-order valence-corrected chi connectivity index (χ4v) is 3.85. The van der Waals surface area contributed by atoms with Gasteiger partial charge in [-0.05, 0) is 30.0 Å². The van der Waals surface area contributed by atoms with Gasteiger partial charge in [0, 0.05) is 25.1 Å². The Morgan fingerprint density at radius 3 is 2.41 bits per heavy atom. The van der Waals surface area contributed by atoms with Crippen LogP contribution in [0.25, 0.3) is 0 Å². The lowest BCUT2D eigenvalue weighted by Crippen LogP contribution is -2.42. The van der Waals surface area contributed by atoms with E-state index in [1.807, 2.05) is 19.1 Å². The predicted octanol–water partition coefficient (Wildman–Crippen LogP) is 3.30. The van der Waals surface area contributed by atoms with Gasteiger partial charge >= 0.3 is 0 Å².